The standard InChI is InChI=1S/C23H58N2O4Si4/c1-13-24(14-2)23(25(15-3)16-4)30-20-21-31(9,10)29-32(11,12)22(8)33(26-17-5,27-18-6)28-19-7/h22-23H,13-21,30H2,1-12H3. The van der Waals surface area contributed by atoms with Crippen LogP contribution in [-0.4, -0.2) is 96.5 Å². The van der Waals surface area contributed by atoms with Crippen molar-refractivity contribution in [1.82, 2.24) is 9.80 Å². The second-order valence-corrected chi connectivity index (χ2v) is 24.3. The maximum absolute atomic E-state index is 7.11. The molecule has 0 amide bonds. The summed E-state index contributed by atoms with van der Waals surface area (Å²) in [7, 11) is -6.95. The zero-order valence-corrected chi connectivity index (χ0v) is 28.7. The Labute approximate surface area is 212 Å². The van der Waals surface area contributed by atoms with Crippen LogP contribution in [0.2, 0.25) is 43.4 Å². The van der Waals surface area contributed by atoms with Crippen LogP contribution in [0.15, 0.2) is 0 Å². The molecule has 200 valence electrons. The molecule has 1 unspecified atom stereocenters. The Bertz CT molecular complexity index is 478. The van der Waals surface area contributed by atoms with E-state index in [1.807, 2.05) is 20.8 Å². The summed E-state index contributed by atoms with van der Waals surface area (Å²) in [5.74, 6) is 0.665. The van der Waals surface area contributed by atoms with Crippen molar-refractivity contribution < 1.29 is 17.4 Å². The minimum atomic E-state index is -2.78. The zero-order valence-electron chi connectivity index (χ0n) is 24.3. The molecule has 0 spiro atoms. The van der Waals surface area contributed by atoms with E-state index in [0.29, 0.717) is 25.6 Å². The third-order valence-corrected chi connectivity index (χ3v) is 24.1. The molecule has 0 bridgehead atoms. The molecule has 1 atom stereocenters. The third kappa shape index (κ3) is 10.6. The van der Waals surface area contributed by atoms with Crippen LogP contribution in [0, 0.1) is 0 Å². The second kappa shape index (κ2) is 16.4. The minimum Gasteiger partial charge on any atom is -0.455 e. The van der Waals surface area contributed by atoms with Crippen LogP contribution >= 0.6 is 0 Å². The van der Waals surface area contributed by atoms with Crippen molar-refractivity contribution in [3.05, 3.63) is 0 Å². The first kappa shape index (κ1) is 33.6. The van der Waals surface area contributed by atoms with Crippen LogP contribution in [0.5, 0.6) is 0 Å². The largest absolute Gasteiger partial charge is 0.503 e. The summed E-state index contributed by atoms with van der Waals surface area (Å²) in [6, 6.07) is 2.59. The summed E-state index contributed by atoms with van der Waals surface area (Å²) < 4.78 is 25.9. The van der Waals surface area contributed by atoms with E-state index in [-0.39, 0.29) is 14.7 Å². The lowest BCUT2D eigenvalue weighted by Crippen LogP contribution is -2.60. The summed E-state index contributed by atoms with van der Waals surface area (Å²) in [5.41, 5.74) is 0. The van der Waals surface area contributed by atoms with Crippen molar-refractivity contribution in [3.63, 3.8) is 0 Å². The van der Waals surface area contributed by atoms with E-state index in [2.05, 4.69) is 70.6 Å². The lowest BCUT2D eigenvalue weighted by atomic mass is 10.5. The quantitative estimate of drug-likeness (QED) is 0.161. The van der Waals surface area contributed by atoms with Gasteiger partial charge in [0.25, 0.3) is 0 Å². The summed E-state index contributed by atoms with van der Waals surface area (Å²) in [5, 5.41) is 0.202. The van der Waals surface area contributed by atoms with Crippen LogP contribution < -0.4 is 0 Å². The van der Waals surface area contributed by atoms with E-state index < -0.39 is 25.4 Å². The predicted molar refractivity (Wildman–Crippen MR) is 154 cm³/mol. The van der Waals surface area contributed by atoms with E-state index >= 15 is 0 Å². The molecule has 0 aromatic heterocycles. The molecule has 0 fully saturated rings. The first-order chi connectivity index (χ1) is 15.4. The Kier molecular flexibility index (Phi) is 16.7. The van der Waals surface area contributed by atoms with Crippen LogP contribution in [0.25, 0.3) is 0 Å². The zero-order chi connectivity index (χ0) is 25.7. The lowest BCUT2D eigenvalue weighted by molar-refractivity contribution is 0.0675. The predicted octanol–water partition coefficient (Wildman–Crippen LogP) is 4.95. The van der Waals surface area contributed by atoms with E-state index in [1.54, 1.807) is 0 Å². The topological polar surface area (TPSA) is 43.4 Å². The number of rotatable bonds is 20. The van der Waals surface area contributed by atoms with E-state index in [0.717, 1.165) is 26.2 Å². The summed E-state index contributed by atoms with van der Waals surface area (Å²) in [4.78, 5) is 5.34. The van der Waals surface area contributed by atoms with Gasteiger partial charge in [0.1, 0.15) is 0 Å². The Morgan fingerprint density at radius 2 is 1.09 bits per heavy atom. The van der Waals surface area contributed by atoms with E-state index in [4.69, 9.17) is 17.4 Å². The maximum atomic E-state index is 7.11. The van der Waals surface area contributed by atoms with Crippen LogP contribution in [0.3, 0.4) is 0 Å². The van der Waals surface area contributed by atoms with Crippen molar-refractivity contribution in [2.75, 3.05) is 46.0 Å². The first-order valence-electron chi connectivity index (χ1n) is 13.5. The third-order valence-electron chi connectivity index (χ3n) is 6.86. The van der Waals surface area contributed by atoms with E-state index in [1.165, 1.54) is 12.1 Å². The molecule has 33 heavy (non-hydrogen) atoms. The summed E-state index contributed by atoms with van der Waals surface area (Å²) in [6.45, 7) is 33.5. The number of nitrogens with zero attached hydrogens (tertiary/aromatic N) is 2. The molecular formula is C23H58N2O4Si4. The second-order valence-electron chi connectivity index (χ2n) is 9.90. The summed E-state index contributed by atoms with van der Waals surface area (Å²) >= 11 is 0. The van der Waals surface area contributed by atoms with Gasteiger partial charge in [-0.15, -0.1) is 0 Å². The molecule has 0 saturated heterocycles. The fraction of sp³-hybridized carbons (Fsp3) is 1.00. The van der Waals surface area contributed by atoms with Gasteiger partial charge in [-0.1, -0.05) is 40.7 Å². The molecular weight excluding hydrogens is 481 g/mol. The molecule has 0 aliphatic carbocycles. The molecule has 0 aliphatic rings. The molecule has 0 rings (SSSR count). The average Bonchev–Trinajstić information content (AvgIpc) is 2.74. The van der Waals surface area contributed by atoms with Gasteiger partial charge in [-0.3, -0.25) is 9.80 Å². The molecule has 0 N–H and O–H groups in total. The van der Waals surface area contributed by atoms with Crippen molar-refractivity contribution in [1.29, 1.82) is 0 Å². The lowest BCUT2D eigenvalue weighted by Gasteiger charge is -2.44. The van der Waals surface area contributed by atoms with Crippen molar-refractivity contribution in [2.45, 2.75) is 105 Å². The highest BCUT2D eigenvalue weighted by Gasteiger charge is 2.56. The number of hydrogen-bond donors (Lipinski definition) is 0. The smallest absolute Gasteiger partial charge is 0.455 e. The Balaban J connectivity index is 5.37. The molecule has 6 nitrogen and oxygen atoms in total. The normalized spacial score (nSPS) is 15.0. The first-order valence-corrected chi connectivity index (χ1v) is 23.3. The van der Waals surface area contributed by atoms with Gasteiger partial charge in [-0.25, -0.2) is 0 Å². The van der Waals surface area contributed by atoms with Gasteiger partial charge in [0.15, 0.2) is 16.6 Å². The number of hydrogen-bond acceptors (Lipinski definition) is 6. The molecule has 0 saturated carbocycles. The van der Waals surface area contributed by atoms with Gasteiger partial charge in [0, 0.05) is 30.8 Å². The van der Waals surface area contributed by atoms with Crippen LogP contribution in [-0.2, 0) is 17.4 Å². The van der Waals surface area contributed by atoms with Gasteiger partial charge in [-0.2, -0.15) is 0 Å². The molecule has 0 aromatic rings. The highest BCUT2D eigenvalue weighted by molar-refractivity contribution is 6.93. The Hall–Kier alpha value is 0.628. The highest BCUT2D eigenvalue weighted by atomic mass is 28.5. The highest BCUT2D eigenvalue weighted by Crippen LogP contribution is 2.37. The fourth-order valence-electron chi connectivity index (χ4n) is 4.98. The molecule has 0 heterocycles. The van der Waals surface area contributed by atoms with Gasteiger partial charge in [0.05, 0.1) is 9.52 Å². The van der Waals surface area contributed by atoms with Crippen LogP contribution in [0.1, 0.15) is 55.4 Å². The minimum absolute atomic E-state index is 0.202. The SMILES string of the molecule is CCO[Si](OCC)(OCC)C(C)[Si](C)(C)O[Si](C)(C)CC[SiH2]C(N(CC)CC)N(CC)CC. The van der Waals surface area contributed by atoms with Crippen molar-refractivity contribution in [3.8, 4) is 0 Å². The van der Waals surface area contributed by atoms with Gasteiger partial charge < -0.3 is 17.4 Å². The molecule has 0 aromatic carbocycles. The molecule has 0 aliphatic heterocycles. The Morgan fingerprint density at radius 3 is 1.42 bits per heavy atom. The van der Waals surface area contributed by atoms with E-state index in [9.17, 15) is 0 Å². The van der Waals surface area contributed by atoms with Crippen molar-refractivity contribution >= 4 is 35.0 Å². The Morgan fingerprint density at radius 1 is 0.697 bits per heavy atom. The van der Waals surface area contributed by atoms with Crippen LogP contribution in [0.4, 0.5) is 0 Å². The van der Waals surface area contributed by atoms with Gasteiger partial charge in [-0.05, 0) is 79.2 Å². The van der Waals surface area contributed by atoms with Gasteiger partial charge >= 0.3 is 8.80 Å². The molecule has 10 heteroatoms. The van der Waals surface area contributed by atoms with Crippen molar-refractivity contribution in [2.24, 2.45) is 0 Å². The fourth-order valence-corrected chi connectivity index (χ4v) is 25.0. The average molecular weight is 539 g/mol. The monoisotopic (exact) mass is 538 g/mol. The summed E-state index contributed by atoms with van der Waals surface area (Å²) in [6.07, 6.45) is 0. The molecule has 0 radical (unpaired) electrons. The van der Waals surface area contributed by atoms with Gasteiger partial charge in [0.2, 0.25) is 0 Å². The maximum Gasteiger partial charge on any atom is 0.503 e.